The van der Waals surface area contributed by atoms with Crippen molar-refractivity contribution in [3.63, 3.8) is 0 Å². The SMILES string of the molecule is CCCCC(CC)Cc1c2cc(-c3sccc3C(CC)CC(C)Br)sc2c(CC(CC)CCCC)c2cc(-c3sccc3C(CC)CC(C)Br)sc12. The molecule has 0 N–H and O–H groups in total. The van der Waals surface area contributed by atoms with Crippen LogP contribution in [-0.4, -0.2) is 9.65 Å². The number of halogens is 2. The Morgan fingerprint density at radius 2 is 0.981 bits per heavy atom. The van der Waals surface area contributed by atoms with Gasteiger partial charge in [0.1, 0.15) is 0 Å². The zero-order valence-electron chi connectivity index (χ0n) is 33.2. The smallest absolute Gasteiger partial charge is 0.0477 e. The molecule has 0 radical (unpaired) electrons. The Kier molecular flexibility index (Phi) is 16.9. The minimum absolute atomic E-state index is 0.523. The van der Waals surface area contributed by atoms with Gasteiger partial charge in [-0.1, -0.05) is 139 Å². The molecule has 0 fully saturated rings. The van der Waals surface area contributed by atoms with Crippen molar-refractivity contribution in [1.82, 2.24) is 0 Å². The Morgan fingerprint density at radius 3 is 1.31 bits per heavy atom. The molecule has 0 aliphatic rings. The molecular weight excluding hydrogens is 841 g/mol. The maximum absolute atomic E-state index is 3.90. The predicted molar refractivity (Wildman–Crippen MR) is 250 cm³/mol. The summed E-state index contributed by atoms with van der Waals surface area (Å²) in [6.07, 6.45) is 17.5. The van der Waals surface area contributed by atoms with Crippen LogP contribution in [0.4, 0.5) is 0 Å². The first-order chi connectivity index (χ1) is 25.2. The molecule has 0 aliphatic carbocycles. The normalized spacial score (nSPS) is 15.7. The van der Waals surface area contributed by atoms with E-state index in [-0.39, 0.29) is 0 Å². The molecule has 0 nitrogen and oxygen atoms in total. The average Bonchev–Trinajstić information content (AvgIpc) is 3.95. The fraction of sp³-hybridized carbons (Fsp3) is 0.609. The van der Waals surface area contributed by atoms with E-state index in [4.69, 9.17) is 0 Å². The Balaban J connectivity index is 1.78. The zero-order valence-corrected chi connectivity index (χ0v) is 39.7. The molecule has 4 aromatic heterocycles. The van der Waals surface area contributed by atoms with Crippen LogP contribution in [0.15, 0.2) is 35.0 Å². The molecule has 6 atom stereocenters. The predicted octanol–water partition coefficient (Wildman–Crippen LogP) is 18.4. The first-order valence-electron chi connectivity index (χ1n) is 20.6. The number of fused-ring (bicyclic) bond motifs is 2. The largest absolute Gasteiger partial charge is 0.143 e. The molecule has 0 amide bonds. The van der Waals surface area contributed by atoms with Crippen molar-refractivity contribution in [3.05, 3.63) is 57.3 Å². The summed E-state index contributed by atoms with van der Waals surface area (Å²) in [5, 5.41) is 7.86. The summed E-state index contributed by atoms with van der Waals surface area (Å²) in [6, 6.07) is 10.2. The first-order valence-corrected chi connectivity index (χ1v) is 25.8. The fourth-order valence-corrected chi connectivity index (χ4v) is 14.2. The van der Waals surface area contributed by atoms with E-state index in [0.717, 1.165) is 11.8 Å². The van der Waals surface area contributed by atoms with Gasteiger partial charge in [-0.2, -0.15) is 0 Å². The Labute approximate surface area is 349 Å². The summed E-state index contributed by atoms with van der Waals surface area (Å²) in [5.41, 5.74) is 6.43. The topological polar surface area (TPSA) is 0 Å². The van der Waals surface area contributed by atoms with Gasteiger partial charge in [0.25, 0.3) is 0 Å². The van der Waals surface area contributed by atoms with E-state index in [0.29, 0.717) is 21.5 Å². The third-order valence-electron chi connectivity index (χ3n) is 11.7. The van der Waals surface area contributed by atoms with Gasteiger partial charge < -0.3 is 0 Å². The number of thiophene rings is 4. The van der Waals surface area contributed by atoms with Crippen LogP contribution in [-0.2, 0) is 12.8 Å². The van der Waals surface area contributed by atoms with E-state index < -0.39 is 0 Å². The molecule has 1 aromatic carbocycles. The maximum Gasteiger partial charge on any atom is 0.0477 e. The van der Waals surface area contributed by atoms with Crippen molar-refractivity contribution in [1.29, 1.82) is 0 Å². The second kappa shape index (κ2) is 20.6. The molecule has 6 unspecified atom stereocenters. The Hall–Kier alpha value is -0.500. The molecule has 4 heterocycles. The molecule has 5 aromatic rings. The standard InChI is InChI=1S/C46H64Br2S4/c1-9-15-17-31(11-3)25-37-39-27-41(45-35(19-21-49-45)33(13-5)23-29(7)47)52-44(39)38(26-32(12-4)18-16-10-2)40-28-42(51-43(37)40)46-36(20-22-50-46)34(14-6)24-30(8)48/h19-22,27-34H,9-18,23-26H2,1-8H3. The van der Waals surface area contributed by atoms with Gasteiger partial charge in [-0.05, 0) is 130 Å². The van der Waals surface area contributed by atoms with E-state index in [9.17, 15) is 0 Å². The second-order valence-electron chi connectivity index (χ2n) is 15.6. The molecule has 52 heavy (non-hydrogen) atoms. The van der Waals surface area contributed by atoms with E-state index in [1.165, 1.54) is 109 Å². The highest BCUT2D eigenvalue weighted by atomic mass is 79.9. The summed E-state index contributed by atoms with van der Waals surface area (Å²) in [7, 11) is 0. The van der Waals surface area contributed by atoms with Crippen LogP contribution >= 0.6 is 77.2 Å². The molecule has 0 saturated carbocycles. The van der Waals surface area contributed by atoms with Gasteiger partial charge in [-0.3, -0.25) is 0 Å². The number of hydrogen-bond acceptors (Lipinski definition) is 4. The maximum atomic E-state index is 3.90. The van der Waals surface area contributed by atoms with Gasteiger partial charge in [0.15, 0.2) is 0 Å². The number of rotatable bonds is 22. The van der Waals surface area contributed by atoms with Gasteiger partial charge in [-0.25, -0.2) is 0 Å². The van der Waals surface area contributed by atoms with E-state index in [1.54, 1.807) is 42.4 Å². The summed E-state index contributed by atoms with van der Waals surface area (Å²) in [4.78, 5) is 7.09. The van der Waals surface area contributed by atoms with Crippen LogP contribution in [0.5, 0.6) is 0 Å². The zero-order chi connectivity index (χ0) is 37.4. The number of benzene rings is 1. The lowest BCUT2D eigenvalue weighted by atomic mass is 9.86. The van der Waals surface area contributed by atoms with Crippen molar-refractivity contribution >= 4 is 97.4 Å². The highest BCUT2D eigenvalue weighted by Gasteiger charge is 2.27. The van der Waals surface area contributed by atoms with Crippen LogP contribution in [0.2, 0.25) is 0 Å². The third kappa shape index (κ3) is 10.1. The van der Waals surface area contributed by atoms with Crippen molar-refractivity contribution in [2.45, 2.75) is 167 Å². The fourth-order valence-electron chi connectivity index (χ4n) is 8.51. The van der Waals surface area contributed by atoms with Crippen molar-refractivity contribution in [3.8, 4) is 19.5 Å². The lowest BCUT2D eigenvalue weighted by molar-refractivity contribution is 0.450. The summed E-state index contributed by atoms with van der Waals surface area (Å²) < 4.78 is 3.18. The molecule has 6 heteroatoms. The van der Waals surface area contributed by atoms with Crippen LogP contribution in [0.3, 0.4) is 0 Å². The monoisotopic (exact) mass is 902 g/mol. The first kappa shape index (κ1) is 42.6. The average molecular weight is 905 g/mol. The van der Waals surface area contributed by atoms with Gasteiger partial charge >= 0.3 is 0 Å². The molecule has 0 spiro atoms. The Morgan fingerprint density at radius 1 is 0.577 bits per heavy atom. The molecule has 0 saturated heterocycles. The highest BCUT2D eigenvalue weighted by molar-refractivity contribution is 9.09. The van der Waals surface area contributed by atoms with Crippen molar-refractivity contribution < 1.29 is 0 Å². The quantitative estimate of drug-likeness (QED) is 0.0607. The molecule has 5 rings (SSSR count). The third-order valence-corrected chi connectivity index (χ3v) is 17.0. The van der Waals surface area contributed by atoms with Crippen molar-refractivity contribution in [2.75, 3.05) is 0 Å². The minimum atomic E-state index is 0.523. The van der Waals surface area contributed by atoms with E-state index >= 15 is 0 Å². The molecule has 286 valence electrons. The van der Waals surface area contributed by atoms with Gasteiger partial charge in [-0.15, -0.1) is 45.3 Å². The molecule has 0 aliphatic heterocycles. The summed E-state index contributed by atoms with van der Waals surface area (Å²) in [5.74, 6) is 2.62. The van der Waals surface area contributed by atoms with E-state index in [1.807, 2.05) is 22.7 Å². The van der Waals surface area contributed by atoms with Gasteiger partial charge in [0.05, 0.1) is 0 Å². The van der Waals surface area contributed by atoms with Crippen LogP contribution < -0.4 is 0 Å². The summed E-state index contributed by atoms with van der Waals surface area (Å²) in [6.45, 7) is 18.9. The lowest BCUT2D eigenvalue weighted by Crippen LogP contribution is -2.06. The van der Waals surface area contributed by atoms with Gasteiger partial charge in [0.2, 0.25) is 0 Å². The van der Waals surface area contributed by atoms with Crippen molar-refractivity contribution in [2.24, 2.45) is 11.8 Å². The lowest BCUT2D eigenvalue weighted by Gasteiger charge is -2.20. The van der Waals surface area contributed by atoms with Gasteiger partial charge in [0, 0.05) is 38.6 Å². The molecule has 0 bridgehead atoms. The van der Waals surface area contributed by atoms with Crippen LogP contribution in [0.1, 0.15) is 167 Å². The highest BCUT2D eigenvalue weighted by Crippen LogP contribution is 2.51. The Bertz CT molecular complexity index is 1630. The molecular formula is C46H64Br2S4. The number of hydrogen-bond donors (Lipinski definition) is 0. The summed E-state index contributed by atoms with van der Waals surface area (Å²) >= 11 is 16.0. The second-order valence-corrected chi connectivity index (χ2v) is 22.6. The van der Waals surface area contributed by atoms with E-state index in [2.05, 4.69) is 145 Å². The number of alkyl halides is 2. The van der Waals surface area contributed by atoms with Crippen LogP contribution in [0, 0.1) is 11.8 Å². The van der Waals surface area contributed by atoms with Crippen LogP contribution in [0.25, 0.3) is 39.7 Å². The minimum Gasteiger partial charge on any atom is -0.143 e. The number of unbranched alkanes of at least 4 members (excludes halogenated alkanes) is 2.